The lowest BCUT2D eigenvalue weighted by molar-refractivity contribution is -0.144. The van der Waals surface area contributed by atoms with Gasteiger partial charge in [0.2, 0.25) is 0 Å². The number of hydrogen-bond acceptors (Lipinski definition) is 1. The van der Waals surface area contributed by atoms with Gasteiger partial charge in [-0.3, -0.25) is 0 Å². The number of nitrogens with one attached hydrogen (secondary N) is 1. The summed E-state index contributed by atoms with van der Waals surface area (Å²) in [5.74, 6) is -0.522. The Morgan fingerprint density at radius 3 is 2.00 bits per heavy atom. The smallest absolute Gasteiger partial charge is 0.370 e. The third kappa shape index (κ3) is 4.98. The summed E-state index contributed by atoms with van der Waals surface area (Å²) in [5, 5.41) is 2.38. The Morgan fingerprint density at radius 1 is 0.957 bits per heavy atom. The molecule has 2 aromatic rings. The Labute approximate surface area is 134 Å². The summed E-state index contributed by atoms with van der Waals surface area (Å²) in [6.45, 7) is 7.25. The molecule has 2 rings (SSSR count). The van der Waals surface area contributed by atoms with Crippen LogP contribution in [0.4, 0.5) is 23.2 Å². The van der Waals surface area contributed by atoms with Gasteiger partial charge in [0, 0.05) is 5.69 Å². The van der Waals surface area contributed by atoms with E-state index in [2.05, 4.69) is 5.32 Å². The predicted octanol–water partition coefficient (Wildman–Crippen LogP) is 6.18. The predicted molar refractivity (Wildman–Crippen MR) is 86.1 cm³/mol. The molecule has 1 nitrogen and oxygen atoms in total. The molecule has 0 aromatic heterocycles. The van der Waals surface area contributed by atoms with Crippen molar-refractivity contribution in [2.45, 2.75) is 39.9 Å². The van der Waals surface area contributed by atoms with Crippen molar-refractivity contribution in [1.82, 2.24) is 0 Å². The molecule has 0 amide bonds. The lowest BCUT2D eigenvalue weighted by Crippen LogP contribution is -2.28. The highest BCUT2D eigenvalue weighted by Gasteiger charge is 2.40. The fourth-order valence-corrected chi connectivity index (χ4v) is 2.07. The average Bonchev–Trinajstić information content (AvgIpc) is 2.52. The highest BCUT2D eigenvalue weighted by Crippen LogP contribution is 2.36. The van der Waals surface area contributed by atoms with Crippen LogP contribution in [0.1, 0.15) is 36.6 Å². The third-order valence-corrected chi connectivity index (χ3v) is 3.38. The molecular formula is C18H21F4N. The molecule has 2 aromatic carbocycles. The van der Waals surface area contributed by atoms with Crippen molar-refractivity contribution in [3.63, 3.8) is 0 Å². The molecular weight excluding hydrogens is 306 g/mol. The van der Waals surface area contributed by atoms with Gasteiger partial charge in [-0.25, -0.2) is 4.39 Å². The molecule has 0 radical (unpaired) electrons. The van der Waals surface area contributed by atoms with Gasteiger partial charge in [0.25, 0.3) is 0 Å². The summed E-state index contributed by atoms with van der Waals surface area (Å²) in [6.07, 6.45) is -4.48. The van der Waals surface area contributed by atoms with Crippen LogP contribution in [0.3, 0.4) is 0 Å². The number of alkyl halides is 3. The maximum Gasteiger partial charge on any atom is 0.412 e. The van der Waals surface area contributed by atoms with Gasteiger partial charge in [-0.1, -0.05) is 44.2 Å². The normalized spacial score (nSPS) is 12.2. The second-order valence-electron chi connectivity index (χ2n) is 4.93. The molecule has 23 heavy (non-hydrogen) atoms. The Bertz CT molecular complexity index is 598. The van der Waals surface area contributed by atoms with Crippen molar-refractivity contribution < 1.29 is 17.6 Å². The number of rotatable bonds is 3. The molecule has 0 bridgehead atoms. The van der Waals surface area contributed by atoms with E-state index in [1.165, 1.54) is 30.3 Å². The molecule has 0 aliphatic heterocycles. The van der Waals surface area contributed by atoms with E-state index < -0.39 is 18.0 Å². The van der Waals surface area contributed by atoms with Crippen molar-refractivity contribution in [2.24, 2.45) is 0 Å². The summed E-state index contributed by atoms with van der Waals surface area (Å²) < 4.78 is 53.3. The highest BCUT2D eigenvalue weighted by molar-refractivity contribution is 5.51. The van der Waals surface area contributed by atoms with Crippen molar-refractivity contribution in [3.8, 4) is 0 Å². The molecule has 0 aliphatic carbocycles. The Balaban J connectivity index is 0.00000127. The molecule has 0 saturated carbocycles. The van der Waals surface area contributed by atoms with Gasteiger partial charge in [-0.15, -0.1) is 0 Å². The molecule has 1 unspecified atom stereocenters. The average molecular weight is 327 g/mol. The van der Waals surface area contributed by atoms with Gasteiger partial charge in [0.05, 0.1) is 0 Å². The van der Waals surface area contributed by atoms with Crippen LogP contribution in [0.25, 0.3) is 0 Å². The molecule has 1 atom stereocenters. The van der Waals surface area contributed by atoms with Gasteiger partial charge in [-0.2, -0.15) is 13.2 Å². The van der Waals surface area contributed by atoms with Crippen LogP contribution in [0, 0.1) is 19.7 Å². The first-order chi connectivity index (χ1) is 10.8. The summed E-state index contributed by atoms with van der Waals surface area (Å²) in [6, 6.07) is 8.23. The minimum absolute atomic E-state index is 0.0867. The van der Waals surface area contributed by atoms with Crippen molar-refractivity contribution in [1.29, 1.82) is 0 Å². The zero-order valence-corrected chi connectivity index (χ0v) is 13.6. The molecule has 126 valence electrons. The second-order valence-corrected chi connectivity index (χ2v) is 4.93. The van der Waals surface area contributed by atoms with Crippen LogP contribution in [-0.2, 0) is 0 Å². The van der Waals surface area contributed by atoms with Crippen molar-refractivity contribution in [2.75, 3.05) is 5.32 Å². The monoisotopic (exact) mass is 327 g/mol. The number of aryl methyl sites for hydroxylation is 1. The van der Waals surface area contributed by atoms with E-state index in [1.807, 2.05) is 13.8 Å². The van der Waals surface area contributed by atoms with E-state index in [4.69, 9.17) is 0 Å². The number of benzene rings is 2. The van der Waals surface area contributed by atoms with E-state index in [1.54, 1.807) is 19.9 Å². The fourth-order valence-electron chi connectivity index (χ4n) is 2.07. The first-order valence-corrected chi connectivity index (χ1v) is 7.44. The van der Waals surface area contributed by atoms with Crippen LogP contribution < -0.4 is 5.32 Å². The Hall–Kier alpha value is -2.04. The first kappa shape index (κ1) is 19.0. The topological polar surface area (TPSA) is 12.0 Å². The van der Waals surface area contributed by atoms with Gasteiger partial charge < -0.3 is 5.32 Å². The Morgan fingerprint density at radius 2 is 1.52 bits per heavy atom. The third-order valence-electron chi connectivity index (χ3n) is 3.38. The fraction of sp³-hybridized carbons (Fsp3) is 0.333. The summed E-state index contributed by atoms with van der Waals surface area (Å²) in [4.78, 5) is 0. The SMILES string of the molecule is CC.Cc1cc(NC(c2ccccc2)C(F)(F)F)cc(F)c1C. The van der Waals surface area contributed by atoms with E-state index in [-0.39, 0.29) is 11.3 Å². The standard InChI is InChI=1S/C16H15F4N.C2H6/c1-10-8-13(9-14(17)11(10)2)21-15(16(18,19)20)12-6-4-3-5-7-12;1-2/h3-9,15,21H,1-2H3;1-2H3. The van der Waals surface area contributed by atoms with E-state index in [0.717, 1.165) is 6.07 Å². The minimum atomic E-state index is -4.48. The molecule has 0 aliphatic rings. The molecule has 0 saturated heterocycles. The molecule has 5 heteroatoms. The number of hydrogen-bond donors (Lipinski definition) is 1. The van der Waals surface area contributed by atoms with Crippen LogP contribution >= 0.6 is 0 Å². The highest BCUT2D eigenvalue weighted by atomic mass is 19.4. The lowest BCUT2D eigenvalue weighted by atomic mass is 10.0. The van der Waals surface area contributed by atoms with Crippen LogP contribution in [-0.4, -0.2) is 6.18 Å². The number of anilines is 1. The van der Waals surface area contributed by atoms with Crippen LogP contribution in [0.5, 0.6) is 0 Å². The molecule has 1 N–H and O–H groups in total. The van der Waals surface area contributed by atoms with Crippen molar-refractivity contribution >= 4 is 5.69 Å². The summed E-state index contributed by atoms with van der Waals surface area (Å²) in [5.41, 5.74) is 1.24. The molecule has 0 heterocycles. The minimum Gasteiger partial charge on any atom is -0.370 e. The van der Waals surface area contributed by atoms with Gasteiger partial charge in [0.15, 0.2) is 0 Å². The zero-order valence-electron chi connectivity index (χ0n) is 13.6. The van der Waals surface area contributed by atoms with E-state index in [0.29, 0.717) is 11.1 Å². The quantitative estimate of drug-likeness (QED) is 0.663. The molecule has 0 spiro atoms. The first-order valence-electron chi connectivity index (χ1n) is 7.44. The van der Waals surface area contributed by atoms with Gasteiger partial charge in [0.1, 0.15) is 11.9 Å². The lowest BCUT2D eigenvalue weighted by Gasteiger charge is -2.23. The maximum absolute atomic E-state index is 13.7. The van der Waals surface area contributed by atoms with Crippen LogP contribution in [0.15, 0.2) is 42.5 Å². The second kappa shape index (κ2) is 7.99. The zero-order chi connectivity index (χ0) is 17.6. The maximum atomic E-state index is 13.7. The molecule has 0 fully saturated rings. The summed E-state index contributed by atoms with van der Waals surface area (Å²) >= 11 is 0. The Kier molecular flexibility index (Phi) is 6.61. The summed E-state index contributed by atoms with van der Waals surface area (Å²) in [7, 11) is 0. The number of halogens is 4. The van der Waals surface area contributed by atoms with Crippen LogP contribution in [0.2, 0.25) is 0 Å². The van der Waals surface area contributed by atoms with E-state index >= 15 is 0 Å². The largest absolute Gasteiger partial charge is 0.412 e. The van der Waals surface area contributed by atoms with Gasteiger partial charge >= 0.3 is 6.18 Å². The van der Waals surface area contributed by atoms with Crippen molar-refractivity contribution in [3.05, 3.63) is 65.0 Å². The van der Waals surface area contributed by atoms with Gasteiger partial charge in [-0.05, 0) is 42.7 Å². The van der Waals surface area contributed by atoms with E-state index in [9.17, 15) is 17.6 Å².